The summed E-state index contributed by atoms with van der Waals surface area (Å²) in [5.41, 5.74) is 0.0118. The van der Waals surface area contributed by atoms with Gasteiger partial charge in [0.2, 0.25) is 10.0 Å². The van der Waals surface area contributed by atoms with E-state index >= 15 is 0 Å². The van der Waals surface area contributed by atoms with Crippen molar-refractivity contribution in [2.45, 2.75) is 17.9 Å². The molecule has 3 N–H and O–H groups in total. The van der Waals surface area contributed by atoms with E-state index in [0.29, 0.717) is 0 Å². The van der Waals surface area contributed by atoms with Crippen LogP contribution in [0.1, 0.15) is 17.3 Å². The number of nitrogens with one attached hydrogen (secondary N) is 2. The van der Waals surface area contributed by atoms with Gasteiger partial charge in [-0.1, -0.05) is 0 Å². The van der Waals surface area contributed by atoms with Gasteiger partial charge in [0.1, 0.15) is 16.7 Å². The van der Waals surface area contributed by atoms with E-state index in [2.05, 4.69) is 10.0 Å². The van der Waals surface area contributed by atoms with Gasteiger partial charge in [-0.05, 0) is 32.2 Å². The summed E-state index contributed by atoms with van der Waals surface area (Å²) in [6, 6.07) is 2.69. The SMILES string of the molecule is CNS(=O)(=O)c1cc(C(=O)N[C@H](C)C(=O)O)ccc1OC. The summed E-state index contributed by atoms with van der Waals surface area (Å²) in [6.45, 7) is 1.30. The average Bonchev–Trinajstić information content (AvgIpc) is 2.46. The van der Waals surface area contributed by atoms with Crippen molar-refractivity contribution in [2.24, 2.45) is 0 Å². The molecule has 0 fully saturated rings. The van der Waals surface area contributed by atoms with Crippen LogP contribution in [0.2, 0.25) is 0 Å². The highest BCUT2D eigenvalue weighted by Gasteiger charge is 2.21. The number of hydrogen-bond donors (Lipinski definition) is 3. The summed E-state index contributed by atoms with van der Waals surface area (Å²) in [5, 5.41) is 11.0. The van der Waals surface area contributed by atoms with Gasteiger partial charge in [0, 0.05) is 5.56 Å². The Kier molecular flexibility index (Phi) is 5.28. The Labute approximate surface area is 122 Å². The number of carboxylic acid groups (broad SMARTS) is 1. The Bertz CT molecular complexity index is 656. The van der Waals surface area contributed by atoms with E-state index in [9.17, 15) is 18.0 Å². The van der Waals surface area contributed by atoms with Gasteiger partial charge in [0.05, 0.1) is 7.11 Å². The topological polar surface area (TPSA) is 122 Å². The second-order valence-corrected chi connectivity index (χ2v) is 5.96. The number of benzene rings is 1. The van der Waals surface area contributed by atoms with Gasteiger partial charge >= 0.3 is 5.97 Å². The maximum absolute atomic E-state index is 11.9. The van der Waals surface area contributed by atoms with Crippen molar-refractivity contribution >= 4 is 21.9 Å². The molecule has 0 saturated carbocycles. The number of methoxy groups -OCH3 is 1. The van der Waals surface area contributed by atoms with E-state index in [0.717, 1.165) is 6.07 Å². The zero-order valence-electron chi connectivity index (χ0n) is 11.7. The zero-order valence-corrected chi connectivity index (χ0v) is 12.5. The molecule has 1 amide bonds. The summed E-state index contributed by atoms with van der Waals surface area (Å²) >= 11 is 0. The summed E-state index contributed by atoms with van der Waals surface area (Å²) < 4.78 is 30.8. The minimum absolute atomic E-state index is 0.0118. The van der Waals surface area contributed by atoms with Gasteiger partial charge in [0.15, 0.2) is 0 Å². The summed E-state index contributed by atoms with van der Waals surface area (Å²) in [7, 11) is -1.28. The molecular weight excluding hydrogens is 300 g/mol. The molecule has 0 aliphatic carbocycles. The lowest BCUT2D eigenvalue weighted by Gasteiger charge is -2.12. The quantitative estimate of drug-likeness (QED) is 0.668. The molecular formula is C12H16N2O6S. The van der Waals surface area contributed by atoms with Crippen LogP contribution in [0, 0.1) is 0 Å². The van der Waals surface area contributed by atoms with Crippen molar-refractivity contribution in [3.63, 3.8) is 0 Å². The highest BCUT2D eigenvalue weighted by Crippen LogP contribution is 2.24. The fourth-order valence-electron chi connectivity index (χ4n) is 1.48. The molecule has 0 aromatic heterocycles. The lowest BCUT2D eigenvalue weighted by atomic mass is 10.2. The first-order valence-corrected chi connectivity index (χ1v) is 7.36. The molecule has 116 valence electrons. The van der Waals surface area contributed by atoms with Gasteiger partial charge in [-0.3, -0.25) is 9.59 Å². The highest BCUT2D eigenvalue weighted by atomic mass is 32.2. The van der Waals surface area contributed by atoms with Gasteiger partial charge in [-0.2, -0.15) is 0 Å². The van der Waals surface area contributed by atoms with E-state index < -0.39 is 27.9 Å². The number of aliphatic carboxylic acids is 1. The lowest BCUT2D eigenvalue weighted by molar-refractivity contribution is -0.138. The molecule has 0 bridgehead atoms. The number of rotatable bonds is 6. The van der Waals surface area contributed by atoms with Crippen molar-refractivity contribution in [1.29, 1.82) is 0 Å². The van der Waals surface area contributed by atoms with Crippen LogP contribution in [0.5, 0.6) is 5.75 Å². The Morgan fingerprint density at radius 2 is 1.95 bits per heavy atom. The van der Waals surface area contributed by atoms with E-state index in [1.807, 2.05) is 0 Å². The molecule has 0 aliphatic heterocycles. The molecule has 0 heterocycles. The van der Waals surface area contributed by atoms with E-state index in [-0.39, 0.29) is 16.2 Å². The minimum atomic E-state index is -3.81. The molecule has 0 spiro atoms. The molecule has 0 unspecified atom stereocenters. The lowest BCUT2D eigenvalue weighted by Crippen LogP contribution is -2.38. The Morgan fingerprint density at radius 1 is 1.33 bits per heavy atom. The number of carboxylic acids is 1. The number of sulfonamides is 1. The Hall–Kier alpha value is -2.13. The third-order valence-electron chi connectivity index (χ3n) is 2.70. The van der Waals surface area contributed by atoms with Crippen molar-refractivity contribution < 1.29 is 27.9 Å². The van der Waals surface area contributed by atoms with Crippen LogP contribution in [0.4, 0.5) is 0 Å². The third-order valence-corrected chi connectivity index (χ3v) is 4.14. The molecule has 0 radical (unpaired) electrons. The summed E-state index contributed by atoms with van der Waals surface area (Å²) in [5.74, 6) is -1.81. The molecule has 0 saturated heterocycles. The number of amides is 1. The van der Waals surface area contributed by atoms with Crippen LogP contribution in [0.3, 0.4) is 0 Å². The number of hydrogen-bond acceptors (Lipinski definition) is 5. The van der Waals surface area contributed by atoms with Gasteiger partial charge in [-0.15, -0.1) is 0 Å². The van der Waals surface area contributed by atoms with Crippen LogP contribution in [-0.4, -0.2) is 45.6 Å². The molecule has 1 aromatic rings. The Balaban J connectivity index is 3.20. The number of ether oxygens (including phenoxy) is 1. The predicted octanol–water partition coefficient (Wildman–Crippen LogP) is -0.194. The predicted molar refractivity (Wildman–Crippen MR) is 73.8 cm³/mol. The van der Waals surface area contributed by atoms with Gasteiger partial charge < -0.3 is 15.2 Å². The maximum atomic E-state index is 11.9. The fourth-order valence-corrected chi connectivity index (χ4v) is 2.40. The standard InChI is InChI=1S/C12H16N2O6S/c1-7(12(16)17)14-11(15)8-4-5-9(20-3)10(6-8)21(18,19)13-2/h4-7,13H,1-3H3,(H,14,15)(H,16,17)/t7-/m1/s1. The minimum Gasteiger partial charge on any atom is -0.495 e. The van der Waals surface area contributed by atoms with Gasteiger partial charge in [-0.25, -0.2) is 13.1 Å². The van der Waals surface area contributed by atoms with Crippen molar-refractivity contribution in [3.05, 3.63) is 23.8 Å². The molecule has 9 heteroatoms. The largest absolute Gasteiger partial charge is 0.495 e. The Morgan fingerprint density at radius 3 is 2.43 bits per heavy atom. The van der Waals surface area contributed by atoms with E-state index in [4.69, 9.17) is 9.84 Å². The third kappa shape index (κ3) is 3.92. The molecule has 1 atom stereocenters. The molecule has 8 nitrogen and oxygen atoms in total. The van der Waals surface area contributed by atoms with Crippen LogP contribution in [-0.2, 0) is 14.8 Å². The molecule has 0 aliphatic rings. The van der Waals surface area contributed by atoms with Crippen molar-refractivity contribution in [2.75, 3.05) is 14.2 Å². The maximum Gasteiger partial charge on any atom is 0.325 e. The fraction of sp³-hybridized carbons (Fsp3) is 0.333. The number of carbonyl (C=O) groups excluding carboxylic acids is 1. The summed E-state index contributed by atoms with van der Waals surface area (Å²) in [4.78, 5) is 22.4. The first-order valence-electron chi connectivity index (χ1n) is 5.88. The first kappa shape index (κ1) is 16.9. The van der Waals surface area contributed by atoms with E-state index in [1.165, 1.54) is 33.2 Å². The average molecular weight is 316 g/mol. The van der Waals surface area contributed by atoms with Crippen molar-refractivity contribution in [3.8, 4) is 5.75 Å². The monoisotopic (exact) mass is 316 g/mol. The van der Waals surface area contributed by atoms with Crippen LogP contribution in [0.25, 0.3) is 0 Å². The first-order chi connectivity index (χ1) is 9.72. The normalized spacial score (nSPS) is 12.5. The molecule has 21 heavy (non-hydrogen) atoms. The van der Waals surface area contributed by atoms with Crippen LogP contribution >= 0.6 is 0 Å². The summed E-state index contributed by atoms with van der Waals surface area (Å²) in [6.07, 6.45) is 0. The smallest absolute Gasteiger partial charge is 0.325 e. The molecule has 1 rings (SSSR count). The van der Waals surface area contributed by atoms with Crippen molar-refractivity contribution in [1.82, 2.24) is 10.0 Å². The second kappa shape index (κ2) is 6.55. The second-order valence-electron chi connectivity index (χ2n) is 4.11. The zero-order chi connectivity index (χ0) is 16.2. The highest BCUT2D eigenvalue weighted by molar-refractivity contribution is 7.89. The number of carbonyl (C=O) groups is 2. The van der Waals surface area contributed by atoms with Crippen LogP contribution in [0.15, 0.2) is 23.1 Å². The van der Waals surface area contributed by atoms with Crippen LogP contribution < -0.4 is 14.8 Å². The van der Waals surface area contributed by atoms with E-state index in [1.54, 1.807) is 0 Å². The molecule has 1 aromatic carbocycles. The van der Waals surface area contributed by atoms with Gasteiger partial charge in [0.25, 0.3) is 5.91 Å².